The average Bonchev–Trinajstić information content (AvgIpc) is 3.55. The van der Waals surface area contributed by atoms with E-state index in [1.807, 2.05) is 24.3 Å². The van der Waals surface area contributed by atoms with Crippen molar-refractivity contribution in [3.63, 3.8) is 0 Å². The second kappa shape index (κ2) is 8.67. The minimum atomic E-state index is -0.369. The molecule has 32 heavy (non-hydrogen) atoms. The third kappa shape index (κ3) is 3.76. The molecule has 1 aliphatic rings. The molecule has 10 heteroatoms. The van der Waals surface area contributed by atoms with Crippen molar-refractivity contribution in [1.29, 1.82) is 0 Å². The van der Waals surface area contributed by atoms with E-state index >= 15 is 0 Å². The summed E-state index contributed by atoms with van der Waals surface area (Å²) in [4.78, 5) is 19.4. The summed E-state index contributed by atoms with van der Waals surface area (Å²) in [5, 5.41) is 12.2. The van der Waals surface area contributed by atoms with Crippen molar-refractivity contribution in [2.24, 2.45) is 0 Å². The van der Waals surface area contributed by atoms with Gasteiger partial charge in [0, 0.05) is 11.1 Å². The third-order valence-electron chi connectivity index (χ3n) is 5.54. The van der Waals surface area contributed by atoms with Crippen molar-refractivity contribution in [2.75, 3.05) is 13.2 Å². The highest BCUT2D eigenvalue weighted by atomic mass is 19.1. The number of halogens is 1. The normalized spacial score (nSPS) is 18.6. The van der Waals surface area contributed by atoms with Gasteiger partial charge in [-0.3, -0.25) is 4.79 Å². The highest BCUT2D eigenvalue weighted by Crippen LogP contribution is 2.32. The van der Waals surface area contributed by atoms with E-state index in [1.165, 1.54) is 17.3 Å². The first-order valence-electron chi connectivity index (χ1n) is 10.1. The number of hydrogen-bond donors (Lipinski definition) is 0. The highest BCUT2D eigenvalue weighted by molar-refractivity contribution is 5.56. The number of morpholine rings is 1. The predicted octanol–water partition coefficient (Wildman–Crippen LogP) is 2.60. The van der Waals surface area contributed by atoms with Crippen molar-refractivity contribution in [3.8, 4) is 17.1 Å². The third-order valence-corrected chi connectivity index (χ3v) is 5.54. The van der Waals surface area contributed by atoms with Crippen LogP contribution in [-0.4, -0.2) is 55.7 Å². The summed E-state index contributed by atoms with van der Waals surface area (Å²) in [5.41, 5.74) is 2.68. The van der Waals surface area contributed by atoms with E-state index in [1.54, 1.807) is 29.4 Å². The fourth-order valence-corrected chi connectivity index (χ4v) is 4.03. The lowest BCUT2D eigenvalue weighted by Gasteiger charge is -2.40. The van der Waals surface area contributed by atoms with Gasteiger partial charge in [-0.05, 0) is 36.2 Å². The number of aromatic nitrogens is 5. The summed E-state index contributed by atoms with van der Waals surface area (Å²) in [6.07, 6.45) is 5.47. The standard InChI is InChI=1S/C22H19FN6O3/c23-19-6-5-15(22-24-13-32-27-22)9-16(19)10-17-11-31-12-21(28(17)14-30)18-3-1-2-4-20(18)29-25-7-8-26-29/h1-9,13-14,17,21H,10-12H2/t17-,21?/m1/s1. The van der Waals surface area contributed by atoms with Gasteiger partial charge in [-0.25, -0.2) is 4.39 Å². The van der Waals surface area contributed by atoms with Crippen molar-refractivity contribution < 1.29 is 18.4 Å². The molecule has 0 spiro atoms. The molecule has 0 radical (unpaired) electrons. The predicted molar refractivity (Wildman–Crippen MR) is 110 cm³/mol. The van der Waals surface area contributed by atoms with E-state index in [9.17, 15) is 9.18 Å². The zero-order valence-corrected chi connectivity index (χ0v) is 16.9. The summed E-state index contributed by atoms with van der Waals surface area (Å²) < 4.78 is 25.3. The highest BCUT2D eigenvalue weighted by Gasteiger charge is 2.33. The van der Waals surface area contributed by atoms with Crippen LogP contribution in [0.4, 0.5) is 4.39 Å². The van der Waals surface area contributed by atoms with Gasteiger partial charge in [0.2, 0.25) is 18.6 Å². The van der Waals surface area contributed by atoms with Gasteiger partial charge in [0.15, 0.2) is 0 Å². The minimum Gasteiger partial charge on any atom is -0.377 e. The number of benzene rings is 2. The molecule has 9 nitrogen and oxygen atoms in total. The van der Waals surface area contributed by atoms with Crippen LogP contribution in [0.5, 0.6) is 0 Å². The number of carbonyl (C=O) groups is 1. The van der Waals surface area contributed by atoms with Crippen molar-refractivity contribution >= 4 is 6.41 Å². The van der Waals surface area contributed by atoms with Crippen LogP contribution in [0, 0.1) is 5.82 Å². The molecule has 2 aromatic heterocycles. The molecule has 4 aromatic rings. The monoisotopic (exact) mass is 434 g/mol. The van der Waals surface area contributed by atoms with Gasteiger partial charge in [0.25, 0.3) is 0 Å². The molecule has 2 aromatic carbocycles. The molecule has 1 fully saturated rings. The van der Waals surface area contributed by atoms with Gasteiger partial charge in [0.05, 0.1) is 43.4 Å². The smallest absolute Gasteiger partial charge is 0.214 e. The van der Waals surface area contributed by atoms with Gasteiger partial charge in [0.1, 0.15) is 5.82 Å². The number of carbonyl (C=O) groups excluding carboxylic acids is 1. The van der Waals surface area contributed by atoms with Crippen LogP contribution in [0.2, 0.25) is 0 Å². The van der Waals surface area contributed by atoms with Crippen LogP contribution in [0.25, 0.3) is 17.1 Å². The van der Waals surface area contributed by atoms with E-state index in [4.69, 9.17) is 9.26 Å². The maximum Gasteiger partial charge on any atom is 0.214 e. The Balaban J connectivity index is 1.45. The van der Waals surface area contributed by atoms with Crippen molar-refractivity contribution in [2.45, 2.75) is 18.5 Å². The molecular weight excluding hydrogens is 415 g/mol. The van der Waals surface area contributed by atoms with Crippen LogP contribution >= 0.6 is 0 Å². The largest absolute Gasteiger partial charge is 0.377 e. The van der Waals surface area contributed by atoms with Gasteiger partial charge < -0.3 is 14.2 Å². The molecule has 2 atom stereocenters. The van der Waals surface area contributed by atoms with E-state index in [0.29, 0.717) is 30.2 Å². The Morgan fingerprint density at radius 3 is 2.75 bits per heavy atom. The number of hydrogen-bond acceptors (Lipinski definition) is 7. The lowest BCUT2D eigenvalue weighted by Crippen LogP contribution is -2.48. The molecule has 0 saturated carbocycles. The van der Waals surface area contributed by atoms with Crippen LogP contribution in [0.3, 0.4) is 0 Å². The summed E-state index contributed by atoms with van der Waals surface area (Å²) >= 11 is 0. The molecule has 5 rings (SSSR count). The number of rotatable bonds is 6. The summed E-state index contributed by atoms with van der Waals surface area (Å²) in [6, 6.07) is 11.5. The molecule has 1 aliphatic heterocycles. The summed E-state index contributed by atoms with van der Waals surface area (Å²) in [5.74, 6) is 0.00303. The van der Waals surface area contributed by atoms with Gasteiger partial charge >= 0.3 is 0 Å². The zero-order valence-electron chi connectivity index (χ0n) is 16.9. The molecule has 0 bridgehead atoms. The molecule has 1 saturated heterocycles. The van der Waals surface area contributed by atoms with Crippen LogP contribution in [-0.2, 0) is 16.0 Å². The van der Waals surface area contributed by atoms with Crippen molar-refractivity contribution in [3.05, 3.63) is 78.2 Å². The zero-order chi connectivity index (χ0) is 21.9. The van der Waals surface area contributed by atoms with Crippen LogP contribution < -0.4 is 0 Å². The lowest BCUT2D eigenvalue weighted by molar-refractivity contribution is -0.132. The molecule has 162 valence electrons. The maximum absolute atomic E-state index is 14.6. The van der Waals surface area contributed by atoms with E-state index in [-0.39, 0.29) is 24.3 Å². The van der Waals surface area contributed by atoms with Crippen LogP contribution in [0.15, 0.2) is 65.8 Å². The average molecular weight is 434 g/mol. The fourth-order valence-electron chi connectivity index (χ4n) is 4.03. The lowest BCUT2D eigenvalue weighted by atomic mass is 9.96. The molecule has 0 aliphatic carbocycles. The first kappa shape index (κ1) is 20.0. The Kier molecular flexibility index (Phi) is 5.42. The Morgan fingerprint density at radius 1 is 1.12 bits per heavy atom. The summed E-state index contributed by atoms with van der Waals surface area (Å²) in [7, 11) is 0. The van der Waals surface area contributed by atoms with Gasteiger partial charge in [-0.1, -0.05) is 23.4 Å². The first-order valence-corrected chi connectivity index (χ1v) is 10.1. The summed E-state index contributed by atoms with van der Waals surface area (Å²) in [6.45, 7) is 0.613. The van der Waals surface area contributed by atoms with Gasteiger partial charge in [-0.2, -0.15) is 20.0 Å². The molecule has 0 N–H and O–H groups in total. The van der Waals surface area contributed by atoms with Crippen molar-refractivity contribution in [1.82, 2.24) is 30.0 Å². The van der Waals surface area contributed by atoms with E-state index in [0.717, 1.165) is 17.7 Å². The van der Waals surface area contributed by atoms with E-state index < -0.39 is 0 Å². The van der Waals surface area contributed by atoms with Gasteiger partial charge in [-0.15, -0.1) is 0 Å². The SMILES string of the molecule is O=CN1C(c2ccccc2-n2nccn2)COC[C@H]1Cc1cc(-c2ncon2)ccc1F. The number of nitrogens with zero attached hydrogens (tertiary/aromatic N) is 6. The van der Waals surface area contributed by atoms with Crippen LogP contribution in [0.1, 0.15) is 17.2 Å². The second-order valence-corrected chi connectivity index (χ2v) is 7.40. The molecule has 1 amide bonds. The Hall–Kier alpha value is -3.92. The Bertz CT molecular complexity index is 1200. The topological polar surface area (TPSA) is 99.2 Å². The van der Waals surface area contributed by atoms with E-state index in [2.05, 4.69) is 20.3 Å². The molecule has 1 unspecified atom stereocenters. The Labute approximate surface area is 182 Å². The fraction of sp³-hybridized carbons (Fsp3) is 0.227. The molecule has 3 heterocycles. The number of para-hydroxylation sites is 1. The maximum atomic E-state index is 14.6. The number of ether oxygens (including phenoxy) is 1. The quantitative estimate of drug-likeness (QED) is 0.430. The minimum absolute atomic E-state index is 0.273. The molecular formula is C22H19FN6O3. The number of amides is 1. The Morgan fingerprint density at radius 2 is 1.97 bits per heavy atom. The second-order valence-electron chi connectivity index (χ2n) is 7.40. The first-order chi connectivity index (χ1) is 15.7.